The molecule has 0 aliphatic heterocycles. The minimum absolute atomic E-state index is 0.126. The van der Waals surface area contributed by atoms with Crippen LogP contribution >= 0.6 is 11.3 Å². The highest BCUT2D eigenvalue weighted by molar-refractivity contribution is 7.14. The minimum atomic E-state index is -0.190. The van der Waals surface area contributed by atoms with Gasteiger partial charge in [-0.1, -0.05) is 29.4 Å². The van der Waals surface area contributed by atoms with E-state index in [-0.39, 0.29) is 12.3 Å². The van der Waals surface area contributed by atoms with Crippen molar-refractivity contribution in [3.05, 3.63) is 59.6 Å². The van der Waals surface area contributed by atoms with Gasteiger partial charge in [0.1, 0.15) is 11.4 Å². The van der Waals surface area contributed by atoms with Gasteiger partial charge in [0.05, 0.1) is 19.2 Å². The number of thiazole rings is 1. The quantitative estimate of drug-likeness (QED) is 0.575. The van der Waals surface area contributed by atoms with E-state index in [1.165, 1.54) is 11.3 Å². The molecule has 26 heavy (non-hydrogen) atoms. The van der Waals surface area contributed by atoms with Crippen molar-refractivity contribution in [3.8, 4) is 17.0 Å². The van der Waals surface area contributed by atoms with Crippen molar-refractivity contribution in [2.24, 2.45) is 0 Å². The van der Waals surface area contributed by atoms with Gasteiger partial charge in [-0.25, -0.2) is 4.98 Å². The predicted octanol–water partition coefficient (Wildman–Crippen LogP) is 4.14. The third-order valence-corrected chi connectivity index (χ3v) is 4.67. The van der Waals surface area contributed by atoms with Crippen LogP contribution in [0.3, 0.4) is 0 Å². The Hall–Kier alpha value is -3.19. The smallest absolute Gasteiger partial charge is 0.232 e. The Bertz CT molecular complexity index is 1070. The van der Waals surface area contributed by atoms with Crippen molar-refractivity contribution in [3.63, 3.8) is 0 Å². The third-order valence-electron chi connectivity index (χ3n) is 3.91. The second-order valence-corrected chi connectivity index (χ2v) is 6.45. The van der Waals surface area contributed by atoms with E-state index in [9.17, 15) is 4.79 Å². The van der Waals surface area contributed by atoms with Gasteiger partial charge in [-0.15, -0.1) is 11.3 Å². The zero-order chi connectivity index (χ0) is 17.9. The molecule has 0 atom stereocenters. The molecule has 0 spiro atoms. The number of anilines is 1. The molecule has 0 unspecified atom stereocenters. The van der Waals surface area contributed by atoms with Crippen molar-refractivity contribution in [1.82, 2.24) is 10.1 Å². The van der Waals surface area contributed by atoms with Crippen LogP contribution in [-0.4, -0.2) is 23.2 Å². The molecule has 0 aliphatic rings. The lowest BCUT2D eigenvalue weighted by atomic mass is 10.1. The molecular formula is C19H15N3O3S. The largest absolute Gasteiger partial charge is 0.496 e. The first-order valence-corrected chi connectivity index (χ1v) is 8.84. The topological polar surface area (TPSA) is 77.2 Å². The lowest BCUT2D eigenvalue weighted by Gasteiger charge is -2.05. The van der Waals surface area contributed by atoms with Crippen LogP contribution in [0.2, 0.25) is 0 Å². The zero-order valence-electron chi connectivity index (χ0n) is 13.9. The summed E-state index contributed by atoms with van der Waals surface area (Å²) in [6.07, 6.45) is 0.126. The lowest BCUT2D eigenvalue weighted by molar-refractivity contribution is -0.115. The summed E-state index contributed by atoms with van der Waals surface area (Å²) in [4.78, 5) is 16.8. The number of rotatable bonds is 5. The first kappa shape index (κ1) is 16.3. The molecule has 4 rings (SSSR count). The van der Waals surface area contributed by atoms with Crippen LogP contribution < -0.4 is 10.1 Å². The van der Waals surface area contributed by atoms with E-state index in [0.717, 1.165) is 22.4 Å². The van der Waals surface area contributed by atoms with E-state index in [0.29, 0.717) is 16.4 Å². The fraction of sp³-hybridized carbons (Fsp3) is 0.105. The van der Waals surface area contributed by atoms with Gasteiger partial charge >= 0.3 is 0 Å². The van der Waals surface area contributed by atoms with E-state index >= 15 is 0 Å². The molecule has 0 saturated carbocycles. The standard InChI is InChI=1S/C19H15N3O3S/c1-24-16-8-4-2-7-13(16)15-11-26-19(20-15)21-18(23)10-14-12-6-3-5-9-17(12)25-22-14/h2-9,11H,10H2,1H3,(H,20,21,23). The van der Waals surface area contributed by atoms with E-state index in [1.807, 2.05) is 53.9 Å². The summed E-state index contributed by atoms with van der Waals surface area (Å²) in [5, 5.41) is 10.1. The molecule has 0 saturated heterocycles. The van der Waals surface area contributed by atoms with Crippen LogP contribution in [0, 0.1) is 0 Å². The van der Waals surface area contributed by atoms with Crippen molar-refractivity contribution in [2.45, 2.75) is 6.42 Å². The number of benzene rings is 2. The number of fused-ring (bicyclic) bond motifs is 1. The summed E-state index contributed by atoms with van der Waals surface area (Å²) in [5.41, 5.74) is 2.92. The minimum Gasteiger partial charge on any atom is -0.496 e. The molecule has 1 amide bonds. The average Bonchev–Trinajstić information content (AvgIpc) is 3.29. The number of nitrogens with one attached hydrogen (secondary N) is 1. The number of hydrogen-bond acceptors (Lipinski definition) is 6. The Kier molecular flexibility index (Phi) is 4.37. The van der Waals surface area contributed by atoms with Crippen molar-refractivity contribution in [1.29, 1.82) is 0 Å². The van der Waals surface area contributed by atoms with E-state index in [4.69, 9.17) is 9.26 Å². The Morgan fingerprint density at radius 2 is 2.00 bits per heavy atom. The number of aromatic nitrogens is 2. The van der Waals surface area contributed by atoms with Crippen LogP contribution in [-0.2, 0) is 11.2 Å². The van der Waals surface area contributed by atoms with Gasteiger partial charge in [0.2, 0.25) is 5.91 Å². The molecule has 0 aliphatic carbocycles. The van der Waals surface area contributed by atoms with Crippen LogP contribution in [0.4, 0.5) is 5.13 Å². The fourth-order valence-electron chi connectivity index (χ4n) is 2.69. The second-order valence-electron chi connectivity index (χ2n) is 5.59. The number of ether oxygens (including phenoxy) is 1. The van der Waals surface area contributed by atoms with Gasteiger partial charge in [-0.05, 0) is 24.3 Å². The van der Waals surface area contributed by atoms with E-state index < -0.39 is 0 Å². The number of carbonyl (C=O) groups excluding carboxylic acids is 1. The summed E-state index contributed by atoms with van der Waals surface area (Å²) >= 11 is 1.37. The molecule has 0 fully saturated rings. The summed E-state index contributed by atoms with van der Waals surface area (Å²) in [5.74, 6) is 0.551. The number of carbonyl (C=O) groups is 1. The number of methoxy groups -OCH3 is 1. The Balaban J connectivity index is 1.49. The summed E-state index contributed by atoms with van der Waals surface area (Å²) < 4.78 is 10.6. The van der Waals surface area contributed by atoms with Crippen LogP contribution in [0.5, 0.6) is 5.75 Å². The highest BCUT2D eigenvalue weighted by Crippen LogP contribution is 2.32. The number of hydrogen-bond donors (Lipinski definition) is 1. The first-order valence-electron chi connectivity index (χ1n) is 7.96. The molecule has 0 bridgehead atoms. The monoisotopic (exact) mass is 365 g/mol. The van der Waals surface area contributed by atoms with Gasteiger partial charge in [-0.3, -0.25) is 4.79 Å². The number of para-hydroxylation sites is 2. The average molecular weight is 365 g/mol. The summed E-state index contributed by atoms with van der Waals surface area (Å²) in [6, 6.07) is 15.1. The van der Waals surface area contributed by atoms with Crippen molar-refractivity contribution in [2.75, 3.05) is 12.4 Å². The van der Waals surface area contributed by atoms with Crippen LogP contribution in [0.25, 0.3) is 22.2 Å². The lowest BCUT2D eigenvalue weighted by Crippen LogP contribution is -2.14. The highest BCUT2D eigenvalue weighted by Gasteiger charge is 2.14. The number of amides is 1. The van der Waals surface area contributed by atoms with Gasteiger partial charge in [0, 0.05) is 16.3 Å². The van der Waals surface area contributed by atoms with Gasteiger partial charge in [-0.2, -0.15) is 0 Å². The van der Waals surface area contributed by atoms with Crippen molar-refractivity contribution >= 4 is 33.3 Å². The van der Waals surface area contributed by atoms with Gasteiger partial charge in [0.15, 0.2) is 10.7 Å². The Labute approximate surface area is 153 Å². The summed E-state index contributed by atoms with van der Waals surface area (Å²) in [7, 11) is 1.62. The van der Waals surface area contributed by atoms with Crippen LogP contribution in [0.15, 0.2) is 58.4 Å². The molecule has 1 N–H and O–H groups in total. The molecule has 2 heterocycles. The van der Waals surface area contributed by atoms with Crippen molar-refractivity contribution < 1.29 is 14.1 Å². The summed E-state index contributed by atoms with van der Waals surface area (Å²) in [6.45, 7) is 0. The Morgan fingerprint density at radius 1 is 1.19 bits per heavy atom. The van der Waals surface area contributed by atoms with Crippen LogP contribution in [0.1, 0.15) is 5.69 Å². The molecule has 130 valence electrons. The molecular weight excluding hydrogens is 350 g/mol. The molecule has 0 radical (unpaired) electrons. The maximum Gasteiger partial charge on any atom is 0.232 e. The maximum absolute atomic E-state index is 12.3. The number of nitrogens with zero attached hydrogens (tertiary/aromatic N) is 2. The highest BCUT2D eigenvalue weighted by atomic mass is 32.1. The Morgan fingerprint density at radius 3 is 2.88 bits per heavy atom. The predicted molar refractivity (Wildman–Crippen MR) is 100 cm³/mol. The SMILES string of the molecule is COc1ccccc1-c1csc(NC(=O)Cc2noc3ccccc23)n1. The van der Waals surface area contributed by atoms with Gasteiger partial charge < -0.3 is 14.6 Å². The fourth-order valence-corrected chi connectivity index (χ4v) is 3.42. The van der Waals surface area contributed by atoms with E-state index in [2.05, 4.69) is 15.5 Å². The third kappa shape index (κ3) is 3.16. The second kappa shape index (κ2) is 6.97. The zero-order valence-corrected chi connectivity index (χ0v) is 14.7. The molecule has 7 heteroatoms. The van der Waals surface area contributed by atoms with E-state index in [1.54, 1.807) is 7.11 Å². The maximum atomic E-state index is 12.3. The molecule has 2 aromatic carbocycles. The first-order chi connectivity index (χ1) is 12.7. The normalized spacial score (nSPS) is 10.8. The molecule has 6 nitrogen and oxygen atoms in total. The molecule has 2 aromatic heterocycles. The molecule has 4 aromatic rings. The van der Waals surface area contributed by atoms with Gasteiger partial charge in [0.25, 0.3) is 0 Å².